The lowest BCUT2D eigenvalue weighted by molar-refractivity contribution is 1.07. The monoisotopic (exact) mass is 273 g/mol. The Morgan fingerprint density at radius 2 is 2.00 bits per heavy atom. The second-order valence-corrected chi connectivity index (χ2v) is 4.73. The molecule has 84 valence electrons. The average Bonchev–Trinajstić information content (AvgIpc) is 2.68. The van der Waals surface area contributed by atoms with Crippen LogP contribution in [0.25, 0.3) is 0 Å². The molecule has 3 N–H and O–H groups in total. The molecule has 16 heavy (non-hydrogen) atoms. The first-order chi connectivity index (χ1) is 7.66. The molecule has 3 nitrogen and oxygen atoms in total. The van der Waals surface area contributed by atoms with Crippen LogP contribution in [-0.4, -0.2) is 4.98 Å². The van der Waals surface area contributed by atoms with Crippen molar-refractivity contribution in [1.82, 2.24) is 4.98 Å². The van der Waals surface area contributed by atoms with Gasteiger partial charge < -0.3 is 11.1 Å². The number of hydrogen-bond donors (Lipinski definition) is 2. The van der Waals surface area contributed by atoms with E-state index < -0.39 is 0 Å². The summed E-state index contributed by atoms with van der Waals surface area (Å²) in [5, 5.41) is 6.13. The van der Waals surface area contributed by atoms with Gasteiger partial charge in [-0.25, -0.2) is 4.98 Å². The average molecular weight is 274 g/mol. The SMILES string of the molecule is Nc1cc(Cl)c(NCc2cscn2)c(Cl)c1. The highest BCUT2D eigenvalue weighted by molar-refractivity contribution is 7.07. The molecule has 6 heteroatoms. The van der Waals surface area contributed by atoms with E-state index >= 15 is 0 Å². The zero-order valence-electron chi connectivity index (χ0n) is 8.21. The smallest absolute Gasteiger partial charge is 0.0795 e. The van der Waals surface area contributed by atoms with E-state index in [-0.39, 0.29) is 0 Å². The summed E-state index contributed by atoms with van der Waals surface area (Å²) < 4.78 is 0. The van der Waals surface area contributed by atoms with E-state index in [2.05, 4.69) is 10.3 Å². The third-order valence-corrected chi connectivity index (χ3v) is 3.23. The third-order valence-electron chi connectivity index (χ3n) is 1.99. The largest absolute Gasteiger partial charge is 0.399 e. The van der Waals surface area contributed by atoms with Crippen molar-refractivity contribution in [2.24, 2.45) is 0 Å². The minimum Gasteiger partial charge on any atom is -0.399 e. The number of nitrogen functional groups attached to an aromatic ring is 1. The molecule has 0 radical (unpaired) electrons. The second kappa shape index (κ2) is 4.91. The summed E-state index contributed by atoms with van der Waals surface area (Å²) in [5.41, 5.74) is 9.58. The van der Waals surface area contributed by atoms with Crippen LogP contribution in [0, 0.1) is 0 Å². The summed E-state index contributed by atoms with van der Waals surface area (Å²) in [6, 6.07) is 3.33. The van der Waals surface area contributed by atoms with Gasteiger partial charge in [-0.1, -0.05) is 23.2 Å². The molecule has 2 aromatic rings. The van der Waals surface area contributed by atoms with Crippen molar-refractivity contribution >= 4 is 45.9 Å². The van der Waals surface area contributed by atoms with E-state index in [4.69, 9.17) is 28.9 Å². The summed E-state index contributed by atoms with van der Waals surface area (Å²) >= 11 is 13.6. The van der Waals surface area contributed by atoms with Crippen LogP contribution in [-0.2, 0) is 6.54 Å². The molecular formula is C10H9Cl2N3S. The molecule has 0 fully saturated rings. The fourth-order valence-corrected chi connectivity index (χ4v) is 2.46. The Labute approximate surface area is 107 Å². The number of nitrogens with zero attached hydrogens (tertiary/aromatic N) is 1. The summed E-state index contributed by atoms with van der Waals surface area (Å²) in [5.74, 6) is 0. The molecule has 0 bridgehead atoms. The number of nitrogens with two attached hydrogens (primary N) is 1. The number of anilines is 2. The van der Waals surface area contributed by atoms with Crippen molar-refractivity contribution in [2.75, 3.05) is 11.1 Å². The Kier molecular flexibility index (Phi) is 3.53. The molecule has 0 unspecified atom stereocenters. The van der Waals surface area contributed by atoms with Gasteiger partial charge in [-0.3, -0.25) is 0 Å². The summed E-state index contributed by atoms with van der Waals surface area (Å²) in [6.45, 7) is 0.590. The first kappa shape index (κ1) is 11.5. The molecular weight excluding hydrogens is 265 g/mol. The Morgan fingerprint density at radius 1 is 1.31 bits per heavy atom. The van der Waals surface area contributed by atoms with Gasteiger partial charge in [0.15, 0.2) is 0 Å². The third kappa shape index (κ3) is 2.58. The van der Waals surface area contributed by atoms with Crippen LogP contribution in [0.3, 0.4) is 0 Å². The van der Waals surface area contributed by atoms with E-state index in [0.29, 0.717) is 28.0 Å². The number of thiazole rings is 1. The molecule has 0 spiro atoms. The summed E-state index contributed by atoms with van der Waals surface area (Å²) in [4.78, 5) is 4.15. The van der Waals surface area contributed by atoms with Crippen molar-refractivity contribution < 1.29 is 0 Å². The van der Waals surface area contributed by atoms with Crippen molar-refractivity contribution in [2.45, 2.75) is 6.54 Å². The minimum absolute atomic E-state index is 0.514. The molecule has 0 amide bonds. The maximum Gasteiger partial charge on any atom is 0.0795 e. The zero-order valence-corrected chi connectivity index (χ0v) is 10.5. The van der Waals surface area contributed by atoms with Gasteiger partial charge >= 0.3 is 0 Å². The number of halogens is 2. The molecule has 1 aromatic heterocycles. The van der Waals surface area contributed by atoms with Crippen molar-refractivity contribution in [3.8, 4) is 0 Å². The normalized spacial score (nSPS) is 10.4. The van der Waals surface area contributed by atoms with Crippen LogP contribution < -0.4 is 11.1 Å². The van der Waals surface area contributed by atoms with Crippen LogP contribution in [0.2, 0.25) is 10.0 Å². The van der Waals surface area contributed by atoms with Crippen molar-refractivity contribution in [1.29, 1.82) is 0 Å². The molecule has 0 aliphatic heterocycles. The molecule has 0 aliphatic carbocycles. The highest BCUT2D eigenvalue weighted by atomic mass is 35.5. The van der Waals surface area contributed by atoms with E-state index in [9.17, 15) is 0 Å². The van der Waals surface area contributed by atoms with Crippen molar-refractivity contribution in [3.63, 3.8) is 0 Å². The second-order valence-electron chi connectivity index (χ2n) is 3.19. The highest BCUT2D eigenvalue weighted by Gasteiger charge is 2.07. The molecule has 2 rings (SSSR count). The van der Waals surface area contributed by atoms with Crippen LogP contribution in [0.4, 0.5) is 11.4 Å². The number of benzene rings is 1. The van der Waals surface area contributed by atoms with Gasteiger partial charge in [-0.2, -0.15) is 0 Å². The summed E-state index contributed by atoms with van der Waals surface area (Å²) in [7, 11) is 0. The number of rotatable bonds is 3. The highest BCUT2D eigenvalue weighted by Crippen LogP contribution is 2.33. The predicted octanol–water partition coefficient (Wildman–Crippen LogP) is 3.64. The lowest BCUT2D eigenvalue weighted by Gasteiger charge is -2.09. The molecule has 0 saturated heterocycles. The van der Waals surface area contributed by atoms with E-state index in [0.717, 1.165) is 5.69 Å². The number of hydrogen-bond acceptors (Lipinski definition) is 4. The molecule has 0 aliphatic rings. The molecule has 1 heterocycles. The van der Waals surface area contributed by atoms with Gasteiger partial charge in [-0.15, -0.1) is 11.3 Å². The zero-order chi connectivity index (χ0) is 11.5. The van der Waals surface area contributed by atoms with Crippen LogP contribution in [0.15, 0.2) is 23.0 Å². The van der Waals surface area contributed by atoms with E-state index in [1.165, 1.54) is 0 Å². The van der Waals surface area contributed by atoms with Crippen LogP contribution in [0.5, 0.6) is 0 Å². The first-order valence-corrected chi connectivity index (χ1v) is 6.22. The maximum atomic E-state index is 6.03. The quantitative estimate of drug-likeness (QED) is 0.840. The van der Waals surface area contributed by atoms with Gasteiger partial charge in [-0.05, 0) is 12.1 Å². The van der Waals surface area contributed by atoms with Crippen LogP contribution in [0.1, 0.15) is 5.69 Å². The van der Waals surface area contributed by atoms with Gasteiger partial charge in [0.1, 0.15) is 0 Å². The van der Waals surface area contributed by atoms with Crippen LogP contribution >= 0.6 is 34.5 Å². The van der Waals surface area contributed by atoms with E-state index in [1.807, 2.05) is 5.38 Å². The molecule has 0 atom stereocenters. The lowest BCUT2D eigenvalue weighted by Crippen LogP contribution is -2.01. The Balaban J connectivity index is 2.15. The molecule has 1 aromatic carbocycles. The standard InChI is InChI=1S/C10H9Cl2N3S/c11-8-1-6(13)2-9(12)10(8)14-3-7-4-16-5-15-7/h1-2,4-5,14H,3,13H2. The topological polar surface area (TPSA) is 50.9 Å². The molecule has 0 saturated carbocycles. The number of nitrogens with one attached hydrogen (secondary N) is 1. The predicted molar refractivity (Wildman–Crippen MR) is 70.3 cm³/mol. The summed E-state index contributed by atoms with van der Waals surface area (Å²) in [6.07, 6.45) is 0. The lowest BCUT2D eigenvalue weighted by atomic mass is 10.2. The number of aromatic nitrogens is 1. The van der Waals surface area contributed by atoms with Gasteiger partial charge in [0.2, 0.25) is 0 Å². The Hall–Kier alpha value is -0.970. The van der Waals surface area contributed by atoms with Gasteiger partial charge in [0.05, 0.1) is 33.5 Å². The van der Waals surface area contributed by atoms with Gasteiger partial charge in [0, 0.05) is 11.1 Å². The fraction of sp³-hybridized carbons (Fsp3) is 0.100. The Morgan fingerprint density at radius 3 is 2.56 bits per heavy atom. The first-order valence-electron chi connectivity index (χ1n) is 4.52. The Bertz CT molecular complexity index is 462. The minimum atomic E-state index is 0.514. The van der Waals surface area contributed by atoms with Crippen molar-refractivity contribution in [3.05, 3.63) is 38.8 Å². The van der Waals surface area contributed by atoms with Gasteiger partial charge in [0.25, 0.3) is 0 Å². The fourth-order valence-electron chi connectivity index (χ4n) is 1.27. The maximum absolute atomic E-state index is 6.03. The van der Waals surface area contributed by atoms with E-state index in [1.54, 1.807) is 29.0 Å².